The van der Waals surface area contributed by atoms with Crippen LogP contribution >= 0.6 is 23.6 Å². The average molecular weight is 277 g/mol. The Labute approximate surface area is 116 Å². The lowest BCUT2D eigenvalue weighted by atomic mass is 10.1. The Hall–Kier alpha value is -1.46. The molecule has 0 spiro atoms. The van der Waals surface area contributed by atoms with Gasteiger partial charge in [-0.15, -0.1) is 11.3 Å². The van der Waals surface area contributed by atoms with Gasteiger partial charge in [0.05, 0.1) is 10.7 Å². The molecule has 0 saturated carbocycles. The van der Waals surface area contributed by atoms with E-state index in [4.69, 9.17) is 18.0 Å². The number of aromatic nitrogens is 1. The summed E-state index contributed by atoms with van der Waals surface area (Å²) < 4.78 is 0. The van der Waals surface area contributed by atoms with Crippen LogP contribution in [0.3, 0.4) is 0 Å². The highest BCUT2D eigenvalue weighted by Crippen LogP contribution is 2.15. The number of rotatable bonds is 5. The molecule has 0 unspecified atom stereocenters. The van der Waals surface area contributed by atoms with Gasteiger partial charge in [-0.1, -0.05) is 24.4 Å². The van der Waals surface area contributed by atoms with Gasteiger partial charge in [0.2, 0.25) is 0 Å². The maximum Gasteiger partial charge on any atom is 0.106 e. The van der Waals surface area contributed by atoms with Gasteiger partial charge < -0.3 is 11.1 Å². The minimum atomic E-state index is 0.419. The van der Waals surface area contributed by atoms with Gasteiger partial charge in [-0.3, -0.25) is 0 Å². The fraction of sp³-hybridized carbons (Fsp3) is 0.231. The maximum atomic E-state index is 5.68. The summed E-state index contributed by atoms with van der Waals surface area (Å²) in [4.78, 5) is 4.85. The number of para-hydroxylation sites is 1. The Morgan fingerprint density at radius 1 is 1.44 bits per heavy atom. The smallest absolute Gasteiger partial charge is 0.106 e. The molecular weight excluding hydrogens is 262 g/mol. The Kier molecular flexibility index (Phi) is 4.28. The standard InChI is InChI=1S/C13H15N3S2/c1-9-16-10(8-18-9)6-7-15-12-5-3-2-4-11(12)13(14)17/h2-5,8,15H,6-7H2,1H3,(H2,14,17). The van der Waals surface area contributed by atoms with Crippen LogP contribution in [0.2, 0.25) is 0 Å². The molecule has 0 aliphatic rings. The highest BCUT2D eigenvalue weighted by atomic mass is 32.1. The molecule has 2 aromatic rings. The number of nitrogens with one attached hydrogen (secondary N) is 1. The SMILES string of the molecule is Cc1nc(CCNc2ccccc2C(N)=S)cs1. The number of aryl methyl sites for hydroxylation is 1. The molecule has 3 nitrogen and oxygen atoms in total. The molecule has 1 aromatic heterocycles. The van der Waals surface area contributed by atoms with Gasteiger partial charge in [-0.2, -0.15) is 0 Å². The second kappa shape index (κ2) is 5.93. The number of thiocarbonyl (C=S) groups is 1. The van der Waals surface area contributed by atoms with Gasteiger partial charge >= 0.3 is 0 Å². The Morgan fingerprint density at radius 2 is 2.22 bits per heavy atom. The van der Waals surface area contributed by atoms with Crippen LogP contribution in [0.5, 0.6) is 0 Å². The molecule has 1 aromatic carbocycles. The zero-order chi connectivity index (χ0) is 13.0. The predicted octanol–water partition coefficient (Wildman–Crippen LogP) is 2.74. The Bertz CT molecular complexity index is 549. The van der Waals surface area contributed by atoms with E-state index in [1.807, 2.05) is 31.2 Å². The molecule has 1 heterocycles. The molecule has 3 N–H and O–H groups in total. The van der Waals surface area contributed by atoms with Crippen LogP contribution in [0, 0.1) is 6.92 Å². The minimum absolute atomic E-state index is 0.419. The number of nitrogens with zero attached hydrogens (tertiary/aromatic N) is 1. The van der Waals surface area contributed by atoms with Gasteiger partial charge in [0, 0.05) is 29.6 Å². The van der Waals surface area contributed by atoms with Crippen molar-refractivity contribution in [3.05, 3.63) is 45.9 Å². The predicted molar refractivity (Wildman–Crippen MR) is 81.4 cm³/mol. The normalized spacial score (nSPS) is 10.3. The van der Waals surface area contributed by atoms with E-state index in [1.54, 1.807) is 11.3 Å². The number of hydrogen-bond acceptors (Lipinski definition) is 4. The molecular formula is C13H15N3S2. The van der Waals surface area contributed by atoms with Crippen LogP contribution in [0.4, 0.5) is 5.69 Å². The van der Waals surface area contributed by atoms with E-state index in [0.717, 1.165) is 34.9 Å². The van der Waals surface area contributed by atoms with Crippen molar-refractivity contribution in [3.63, 3.8) is 0 Å². The first-order chi connectivity index (χ1) is 8.66. The van der Waals surface area contributed by atoms with E-state index in [1.165, 1.54) is 0 Å². The lowest BCUT2D eigenvalue weighted by Gasteiger charge is -2.10. The van der Waals surface area contributed by atoms with Crippen molar-refractivity contribution in [1.29, 1.82) is 0 Å². The summed E-state index contributed by atoms with van der Waals surface area (Å²) in [6, 6.07) is 7.82. The highest BCUT2D eigenvalue weighted by Gasteiger charge is 2.04. The summed E-state index contributed by atoms with van der Waals surface area (Å²) in [6.45, 7) is 2.84. The molecule has 0 aliphatic heterocycles. The van der Waals surface area contributed by atoms with E-state index < -0.39 is 0 Å². The maximum absolute atomic E-state index is 5.68. The summed E-state index contributed by atoms with van der Waals surface area (Å²) in [7, 11) is 0. The van der Waals surface area contributed by atoms with Crippen molar-refractivity contribution in [2.45, 2.75) is 13.3 Å². The van der Waals surface area contributed by atoms with Gasteiger partial charge in [-0.25, -0.2) is 4.98 Å². The number of benzene rings is 1. The monoisotopic (exact) mass is 277 g/mol. The summed E-state index contributed by atoms with van der Waals surface area (Å²) >= 11 is 6.70. The molecule has 0 amide bonds. The first-order valence-electron chi connectivity index (χ1n) is 5.70. The first-order valence-corrected chi connectivity index (χ1v) is 6.99. The van der Waals surface area contributed by atoms with Gasteiger partial charge in [-0.05, 0) is 19.1 Å². The zero-order valence-corrected chi connectivity index (χ0v) is 11.8. The van der Waals surface area contributed by atoms with E-state index >= 15 is 0 Å². The zero-order valence-electron chi connectivity index (χ0n) is 10.1. The van der Waals surface area contributed by atoms with Crippen LogP contribution in [-0.2, 0) is 6.42 Å². The van der Waals surface area contributed by atoms with Crippen LogP contribution in [0.1, 0.15) is 16.3 Å². The lowest BCUT2D eigenvalue weighted by Crippen LogP contribution is -2.14. The van der Waals surface area contributed by atoms with Crippen molar-refractivity contribution in [3.8, 4) is 0 Å². The number of anilines is 1. The quantitative estimate of drug-likeness (QED) is 0.825. The van der Waals surface area contributed by atoms with Crippen molar-refractivity contribution < 1.29 is 0 Å². The summed E-state index contributed by atoms with van der Waals surface area (Å²) in [5, 5.41) is 6.55. The van der Waals surface area contributed by atoms with Crippen molar-refractivity contribution in [2.75, 3.05) is 11.9 Å². The molecule has 0 saturated heterocycles. The third-order valence-electron chi connectivity index (χ3n) is 2.56. The van der Waals surface area contributed by atoms with Gasteiger partial charge in [0.25, 0.3) is 0 Å². The summed E-state index contributed by atoms with van der Waals surface area (Å²) in [5.74, 6) is 0. The van der Waals surface area contributed by atoms with E-state index in [-0.39, 0.29) is 0 Å². The molecule has 2 rings (SSSR count). The second-order valence-electron chi connectivity index (χ2n) is 3.94. The van der Waals surface area contributed by atoms with Crippen LogP contribution in [-0.4, -0.2) is 16.5 Å². The van der Waals surface area contributed by atoms with Crippen LogP contribution in [0.25, 0.3) is 0 Å². The van der Waals surface area contributed by atoms with E-state index in [0.29, 0.717) is 4.99 Å². The first kappa shape index (κ1) is 13.0. The molecule has 0 fully saturated rings. The lowest BCUT2D eigenvalue weighted by molar-refractivity contribution is 0.968. The third kappa shape index (κ3) is 3.27. The molecule has 18 heavy (non-hydrogen) atoms. The molecule has 0 bridgehead atoms. The number of thiazole rings is 1. The van der Waals surface area contributed by atoms with E-state index in [2.05, 4.69) is 15.7 Å². The molecule has 0 aliphatic carbocycles. The second-order valence-corrected chi connectivity index (χ2v) is 5.45. The largest absolute Gasteiger partial charge is 0.389 e. The highest BCUT2D eigenvalue weighted by molar-refractivity contribution is 7.80. The molecule has 0 radical (unpaired) electrons. The summed E-state index contributed by atoms with van der Waals surface area (Å²) in [6.07, 6.45) is 0.899. The van der Waals surface area contributed by atoms with E-state index in [9.17, 15) is 0 Å². The van der Waals surface area contributed by atoms with Crippen LogP contribution in [0.15, 0.2) is 29.6 Å². The molecule has 0 atom stereocenters. The number of nitrogens with two attached hydrogens (primary N) is 1. The summed E-state index contributed by atoms with van der Waals surface area (Å²) in [5.41, 5.74) is 8.68. The van der Waals surface area contributed by atoms with Gasteiger partial charge in [0.15, 0.2) is 0 Å². The third-order valence-corrected chi connectivity index (χ3v) is 3.60. The molecule has 94 valence electrons. The van der Waals surface area contributed by atoms with Gasteiger partial charge in [0.1, 0.15) is 4.99 Å². The van der Waals surface area contributed by atoms with Crippen molar-refractivity contribution in [2.24, 2.45) is 5.73 Å². The fourth-order valence-corrected chi connectivity index (χ4v) is 2.53. The number of hydrogen-bond donors (Lipinski definition) is 2. The minimum Gasteiger partial charge on any atom is -0.389 e. The van der Waals surface area contributed by atoms with Crippen LogP contribution < -0.4 is 11.1 Å². The van der Waals surface area contributed by atoms with Crippen molar-refractivity contribution >= 4 is 34.2 Å². The fourth-order valence-electron chi connectivity index (χ4n) is 1.70. The molecule has 5 heteroatoms. The Morgan fingerprint density at radius 3 is 2.89 bits per heavy atom. The topological polar surface area (TPSA) is 50.9 Å². The van der Waals surface area contributed by atoms with Crippen molar-refractivity contribution in [1.82, 2.24) is 4.98 Å². The Balaban J connectivity index is 1.96. The average Bonchev–Trinajstić information content (AvgIpc) is 2.75.